The molecule has 0 saturated heterocycles. The van der Waals surface area contributed by atoms with Crippen LogP contribution < -0.4 is 10.6 Å². The van der Waals surface area contributed by atoms with Crippen molar-refractivity contribution in [2.24, 2.45) is 5.92 Å². The number of carbonyl (C=O) groups excluding carboxylic acids is 1. The minimum Gasteiger partial charge on any atom is -0.480 e. The molecule has 0 aromatic heterocycles. The van der Waals surface area contributed by atoms with Gasteiger partial charge in [-0.05, 0) is 18.8 Å². The summed E-state index contributed by atoms with van der Waals surface area (Å²) in [4.78, 5) is 22.6. The molecule has 0 heterocycles. The van der Waals surface area contributed by atoms with Crippen LogP contribution in [0.4, 0.5) is 0 Å². The fourth-order valence-corrected chi connectivity index (χ4v) is 2.77. The largest absolute Gasteiger partial charge is 0.480 e. The topological polar surface area (TPSA) is 78.4 Å². The molecule has 0 spiro atoms. The van der Waals surface area contributed by atoms with E-state index in [4.69, 9.17) is 5.11 Å². The fraction of sp³-hybridized carbons (Fsp3) is 0.867. The Labute approximate surface area is 133 Å². The first kappa shape index (κ1) is 20.2. The summed E-state index contributed by atoms with van der Waals surface area (Å²) in [5.74, 6) is -0.242. The van der Waals surface area contributed by atoms with Crippen molar-refractivity contribution < 1.29 is 14.7 Å². The monoisotopic (exact) mass is 320 g/mol. The van der Waals surface area contributed by atoms with Gasteiger partial charge in [-0.2, -0.15) is 0 Å². The van der Waals surface area contributed by atoms with Gasteiger partial charge in [0, 0.05) is 6.54 Å². The number of rotatable bonds is 9. The first-order valence-electron chi connectivity index (χ1n) is 7.86. The number of carboxylic acids is 1. The summed E-state index contributed by atoms with van der Waals surface area (Å²) in [5.41, 5.74) is 0. The van der Waals surface area contributed by atoms with E-state index in [-0.39, 0.29) is 24.9 Å². The van der Waals surface area contributed by atoms with Crippen LogP contribution in [0.2, 0.25) is 0 Å². The first-order valence-corrected chi connectivity index (χ1v) is 7.86. The number of amides is 1. The highest BCUT2D eigenvalue weighted by Crippen LogP contribution is 2.25. The third kappa shape index (κ3) is 8.94. The van der Waals surface area contributed by atoms with E-state index >= 15 is 0 Å². The molecule has 0 aliphatic heterocycles. The standard InChI is InChI=1S/C15H28N2O3.ClH/c1-2-6-13(15(19)20)17-11-14(18)16-10-9-12-7-4-3-5-8-12;/h12-13,17H,2-11H2,1H3,(H,16,18)(H,19,20);1H. The molecule has 124 valence electrons. The van der Waals surface area contributed by atoms with Gasteiger partial charge in [-0.1, -0.05) is 45.4 Å². The van der Waals surface area contributed by atoms with Gasteiger partial charge in [0.15, 0.2) is 0 Å². The molecule has 5 nitrogen and oxygen atoms in total. The number of carbonyl (C=O) groups is 2. The minimum absolute atomic E-state index is 0. The average Bonchev–Trinajstić information content (AvgIpc) is 2.44. The quantitative estimate of drug-likeness (QED) is 0.609. The molecule has 0 radical (unpaired) electrons. The van der Waals surface area contributed by atoms with Crippen molar-refractivity contribution in [2.45, 2.75) is 64.3 Å². The average molecular weight is 321 g/mol. The highest BCUT2D eigenvalue weighted by molar-refractivity contribution is 5.85. The summed E-state index contributed by atoms with van der Waals surface area (Å²) in [6.07, 6.45) is 8.92. The second-order valence-electron chi connectivity index (χ2n) is 5.70. The maximum absolute atomic E-state index is 11.6. The maximum atomic E-state index is 11.6. The van der Waals surface area contributed by atoms with Crippen LogP contribution in [-0.2, 0) is 9.59 Å². The van der Waals surface area contributed by atoms with E-state index in [9.17, 15) is 9.59 Å². The summed E-state index contributed by atoms with van der Waals surface area (Å²) in [5, 5.41) is 14.6. The molecule has 1 amide bonds. The van der Waals surface area contributed by atoms with Crippen LogP contribution in [0.5, 0.6) is 0 Å². The van der Waals surface area contributed by atoms with E-state index in [0.717, 1.165) is 18.8 Å². The Morgan fingerprint density at radius 1 is 1.24 bits per heavy atom. The molecule has 0 bridgehead atoms. The summed E-state index contributed by atoms with van der Waals surface area (Å²) in [7, 11) is 0. The Hall–Kier alpha value is -0.810. The Bertz CT molecular complexity index is 307. The number of aliphatic carboxylic acids is 1. The van der Waals surface area contributed by atoms with Crippen LogP contribution in [0.25, 0.3) is 0 Å². The summed E-state index contributed by atoms with van der Waals surface area (Å²) in [6.45, 7) is 2.72. The second kappa shape index (κ2) is 11.8. The lowest BCUT2D eigenvalue weighted by Crippen LogP contribution is -2.43. The third-order valence-corrected chi connectivity index (χ3v) is 3.98. The van der Waals surface area contributed by atoms with Gasteiger partial charge in [0.2, 0.25) is 5.91 Å². The third-order valence-electron chi connectivity index (χ3n) is 3.98. The molecular weight excluding hydrogens is 292 g/mol. The first-order chi connectivity index (χ1) is 9.63. The molecule has 21 heavy (non-hydrogen) atoms. The normalized spacial score (nSPS) is 16.8. The van der Waals surface area contributed by atoms with Crippen LogP contribution >= 0.6 is 12.4 Å². The van der Waals surface area contributed by atoms with Gasteiger partial charge in [-0.15, -0.1) is 12.4 Å². The van der Waals surface area contributed by atoms with E-state index in [2.05, 4.69) is 10.6 Å². The van der Waals surface area contributed by atoms with Gasteiger partial charge in [-0.25, -0.2) is 0 Å². The Kier molecular flexibility index (Phi) is 11.4. The number of halogens is 1. The molecule has 6 heteroatoms. The van der Waals surface area contributed by atoms with Crippen LogP contribution in [0, 0.1) is 5.92 Å². The molecule has 1 aliphatic rings. The highest BCUT2D eigenvalue weighted by Gasteiger charge is 2.17. The summed E-state index contributed by atoms with van der Waals surface area (Å²) >= 11 is 0. The molecule has 0 aromatic carbocycles. The fourth-order valence-electron chi connectivity index (χ4n) is 2.77. The van der Waals surface area contributed by atoms with E-state index in [1.807, 2.05) is 6.92 Å². The Morgan fingerprint density at radius 3 is 2.48 bits per heavy atom. The lowest BCUT2D eigenvalue weighted by molar-refractivity contribution is -0.139. The predicted octanol–water partition coefficient (Wildman–Crippen LogP) is 2.34. The summed E-state index contributed by atoms with van der Waals surface area (Å²) in [6, 6.07) is -0.621. The molecule has 1 fully saturated rings. The second-order valence-corrected chi connectivity index (χ2v) is 5.70. The zero-order valence-corrected chi connectivity index (χ0v) is 13.7. The Balaban J connectivity index is 0.00000400. The van der Waals surface area contributed by atoms with Crippen molar-refractivity contribution in [1.82, 2.24) is 10.6 Å². The van der Waals surface area contributed by atoms with Crippen LogP contribution in [-0.4, -0.2) is 36.1 Å². The van der Waals surface area contributed by atoms with Gasteiger partial charge in [0.1, 0.15) is 6.04 Å². The number of hydrogen-bond acceptors (Lipinski definition) is 3. The van der Waals surface area contributed by atoms with Gasteiger partial charge in [0.25, 0.3) is 0 Å². The Morgan fingerprint density at radius 2 is 1.90 bits per heavy atom. The molecule has 3 N–H and O–H groups in total. The van der Waals surface area contributed by atoms with E-state index in [1.54, 1.807) is 0 Å². The van der Waals surface area contributed by atoms with Crippen LogP contribution in [0.15, 0.2) is 0 Å². The van der Waals surface area contributed by atoms with E-state index in [1.165, 1.54) is 32.1 Å². The van der Waals surface area contributed by atoms with Crippen molar-refractivity contribution in [2.75, 3.05) is 13.1 Å². The van der Waals surface area contributed by atoms with Gasteiger partial charge in [0.05, 0.1) is 6.54 Å². The summed E-state index contributed by atoms with van der Waals surface area (Å²) < 4.78 is 0. The molecule has 1 aliphatic carbocycles. The molecule has 1 saturated carbocycles. The van der Waals surface area contributed by atoms with Gasteiger partial charge >= 0.3 is 5.97 Å². The molecule has 1 unspecified atom stereocenters. The number of hydrogen-bond donors (Lipinski definition) is 3. The smallest absolute Gasteiger partial charge is 0.320 e. The van der Waals surface area contributed by atoms with Gasteiger partial charge < -0.3 is 10.4 Å². The zero-order valence-electron chi connectivity index (χ0n) is 12.9. The van der Waals surface area contributed by atoms with Crippen molar-refractivity contribution in [3.05, 3.63) is 0 Å². The zero-order chi connectivity index (χ0) is 14.8. The maximum Gasteiger partial charge on any atom is 0.320 e. The van der Waals surface area contributed by atoms with Crippen LogP contribution in [0.1, 0.15) is 58.3 Å². The number of carboxylic acid groups (broad SMARTS) is 1. The molecule has 1 rings (SSSR count). The molecule has 1 atom stereocenters. The van der Waals surface area contributed by atoms with E-state index < -0.39 is 12.0 Å². The molecule has 0 aromatic rings. The minimum atomic E-state index is -0.887. The lowest BCUT2D eigenvalue weighted by Gasteiger charge is -2.21. The van der Waals surface area contributed by atoms with E-state index in [0.29, 0.717) is 13.0 Å². The van der Waals surface area contributed by atoms with Crippen molar-refractivity contribution in [1.29, 1.82) is 0 Å². The van der Waals surface area contributed by atoms with Crippen LogP contribution in [0.3, 0.4) is 0 Å². The van der Waals surface area contributed by atoms with Crippen molar-refractivity contribution in [3.63, 3.8) is 0 Å². The SMILES string of the molecule is CCCC(NCC(=O)NCCC1CCCCC1)C(=O)O.Cl. The van der Waals surface area contributed by atoms with Crippen molar-refractivity contribution >= 4 is 24.3 Å². The molecular formula is C15H29ClN2O3. The van der Waals surface area contributed by atoms with Gasteiger partial charge in [-0.3, -0.25) is 14.9 Å². The predicted molar refractivity (Wildman–Crippen MR) is 85.8 cm³/mol. The number of nitrogens with one attached hydrogen (secondary N) is 2. The highest BCUT2D eigenvalue weighted by atomic mass is 35.5. The van der Waals surface area contributed by atoms with Crippen molar-refractivity contribution in [3.8, 4) is 0 Å². The lowest BCUT2D eigenvalue weighted by atomic mass is 9.87.